The van der Waals surface area contributed by atoms with Crippen LogP contribution >= 0.6 is 0 Å². The van der Waals surface area contributed by atoms with Gasteiger partial charge in [0.25, 0.3) is 5.91 Å². The maximum absolute atomic E-state index is 11.5. The van der Waals surface area contributed by atoms with E-state index in [0.717, 1.165) is 5.69 Å². The maximum Gasteiger partial charge on any atom is 0.286 e. The van der Waals surface area contributed by atoms with Crippen LogP contribution in [0.3, 0.4) is 0 Å². The molecule has 0 bridgehead atoms. The number of nitrogens with one attached hydrogen (secondary N) is 1. The Labute approximate surface area is 93.1 Å². The van der Waals surface area contributed by atoms with Crippen LogP contribution in [0.5, 0.6) is 0 Å². The molecule has 1 N–H and O–H groups in total. The molecule has 0 spiro atoms. The molecule has 0 unspecified atom stereocenters. The van der Waals surface area contributed by atoms with Crippen LogP contribution in [-0.4, -0.2) is 22.2 Å². The molecule has 2 aromatic heterocycles. The molecule has 1 amide bonds. The SMILES string of the molecule is Cn1ccc(CCNC(=O)c2ccco2)n1. The predicted molar refractivity (Wildman–Crippen MR) is 58.0 cm³/mol. The Morgan fingerprint density at radius 2 is 2.44 bits per heavy atom. The predicted octanol–water partition coefficient (Wildman–Crippen LogP) is 0.986. The summed E-state index contributed by atoms with van der Waals surface area (Å²) in [4.78, 5) is 11.5. The monoisotopic (exact) mass is 219 g/mol. The van der Waals surface area contributed by atoms with Gasteiger partial charge in [0.2, 0.25) is 0 Å². The number of carbonyl (C=O) groups is 1. The van der Waals surface area contributed by atoms with Crippen LogP contribution in [-0.2, 0) is 13.5 Å². The Kier molecular flexibility index (Phi) is 3.05. The zero-order valence-electron chi connectivity index (χ0n) is 9.01. The number of amides is 1. The zero-order valence-corrected chi connectivity index (χ0v) is 9.01. The minimum absolute atomic E-state index is 0.194. The molecule has 5 nitrogen and oxygen atoms in total. The fourth-order valence-corrected chi connectivity index (χ4v) is 1.40. The summed E-state index contributed by atoms with van der Waals surface area (Å²) in [5.41, 5.74) is 0.960. The highest BCUT2D eigenvalue weighted by molar-refractivity contribution is 5.91. The third-order valence-electron chi connectivity index (χ3n) is 2.18. The second-order valence-electron chi connectivity index (χ2n) is 3.46. The fourth-order valence-electron chi connectivity index (χ4n) is 1.40. The zero-order chi connectivity index (χ0) is 11.4. The number of nitrogens with zero attached hydrogens (tertiary/aromatic N) is 2. The van der Waals surface area contributed by atoms with Gasteiger partial charge < -0.3 is 9.73 Å². The van der Waals surface area contributed by atoms with E-state index >= 15 is 0 Å². The molecule has 2 heterocycles. The molecular formula is C11H13N3O2. The van der Waals surface area contributed by atoms with E-state index in [-0.39, 0.29) is 5.91 Å². The largest absolute Gasteiger partial charge is 0.459 e. The smallest absolute Gasteiger partial charge is 0.286 e. The van der Waals surface area contributed by atoms with Crippen LogP contribution in [0.25, 0.3) is 0 Å². The Morgan fingerprint density at radius 1 is 1.56 bits per heavy atom. The first kappa shape index (κ1) is 10.5. The minimum Gasteiger partial charge on any atom is -0.459 e. The first-order valence-electron chi connectivity index (χ1n) is 5.06. The molecule has 0 radical (unpaired) electrons. The molecule has 5 heteroatoms. The lowest BCUT2D eigenvalue weighted by Gasteiger charge is -2.00. The lowest BCUT2D eigenvalue weighted by molar-refractivity contribution is 0.0926. The summed E-state index contributed by atoms with van der Waals surface area (Å²) >= 11 is 0. The van der Waals surface area contributed by atoms with Crippen molar-refractivity contribution in [3.05, 3.63) is 42.1 Å². The molecule has 0 aromatic carbocycles. The first-order chi connectivity index (χ1) is 7.75. The lowest BCUT2D eigenvalue weighted by Crippen LogP contribution is -2.25. The number of hydrogen-bond donors (Lipinski definition) is 1. The summed E-state index contributed by atoms with van der Waals surface area (Å²) < 4.78 is 6.71. The summed E-state index contributed by atoms with van der Waals surface area (Å²) in [6.07, 6.45) is 4.07. The number of aryl methyl sites for hydroxylation is 1. The summed E-state index contributed by atoms with van der Waals surface area (Å²) in [5.74, 6) is 0.141. The van der Waals surface area contributed by atoms with E-state index in [1.165, 1.54) is 6.26 Å². The van der Waals surface area contributed by atoms with E-state index in [2.05, 4.69) is 10.4 Å². The molecule has 16 heavy (non-hydrogen) atoms. The number of carbonyl (C=O) groups excluding carboxylic acids is 1. The van der Waals surface area contributed by atoms with Crippen molar-refractivity contribution in [3.63, 3.8) is 0 Å². The van der Waals surface area contributed by atoms with Crippen molar-refractivity contribution in [1.82, 2.24) is 15.1 Å². The van der Waals surface area contributed by atoms with E-state index in [9.17, 15) is 4.79 Å². The van der Waals surface area contributed by atoms with Crippen molar-refractivity contribution in [2.75, 3.05) is 6.54 Å². The van der Waals surface area contributed by atoms with Crippen molar-refractivity contribution in [2.24, 2.45) is 7.05 Å². The molecular weight excluding hydrogens is 206 g/mol. The van der Waals surface area contributed by atoms with Gasteiger partial charge in [-0.25, -0.2) is 0 Å². The fraction of sp³-hybridized carbons (Fsp3) is 0.273. The summed E-state index contributed by atoms with van der Waals surface area (Å²) in [6, 6.07) is 5.25. The van der Waals surface area contributed by atoms with Gasteiger partial charge in [-0.05, 0) is 18.2 Å². The van der Waals surface area contributed by atoms with Gasteiger partial charge >= 0.3 is 0 Å². The van der Waals surface area contributed by atoms with Crippen LogP contribution < -0.4 is 5.32 Å². The molecule has 0 aliphatic carbocycles. The molecule has 0 saturated heterocycles. The first-order valence-corrected chi connectivity index (χ1v) is 5.06. The average Bonchev–Trinajstić information content (AvgIpc) is 2.89. The van der Waals surface area contributed by atoms with Crippen LogP contribution in [0.1, 0.15) is 16.2 Å². The highest BCUT2D eigenvalue weighted by Crippen LogP contribution is 1.99. The number of furan rings is 1. The quantitative estimate of drug-likeness (QED) is 0.834. The van der Waals surface area contributed by atoms with Gasteiger partial charge in [-0.15, -0.1) is 0 Å². The van der Waals surface area contributed by atoms with Crippen molar-refractivity contribution in [2.45, 2.75) is 6.42 Å². The van der Waals surface area contributed by atoms with Crippen LogP contribution in [0.4, 0.5) is 0 Å². The van der Waals surface area contributed by atoms with E-state index in [0.29, 0.717) is 18.7 Å². The Morgan fingerprint density at radius 3 is 3.06 bits per heavy atom. The van der Waals surface area contributed by atoms with E-state index in [1.807, 2.05) is 19.3 Å². The number of aromatic nitrogens is 2. The number of hydrogen-bond acceptors (Lipinski definition) is 3. The normalized spacial score (nSPS) is 10.3. The Balaban J connectivity index is 1.78. The van der Waals surface area contributed by atoms with Gasteiger partial charge in [-0.3, -0.25) is 9.48 Å². The van der Waals surface area contributed by atoms with Gasteiger partial charge in [0.05, 0.1) is 12.0 Å². The van der Waals surface area contributed by atoms with Crippen molar-refractivity contribution in [3.8, 4) is 0 Å². The van der Waals surface area contributed by atoms with Crippen LogP contribution in [0.2, 0.25) is 0 Å². The third kappa shape index (κ3) is 2.50. The highest BCUT2D eigenvalue weighted by atomic mass is 16.3. The van der Waals surface area contributed by atoms with E-state index < -0.39 is 0 Å². The Hall–Kier alpha value is -2.04. The second kappa shape index (κ2) is 4.65. The molecule has 0 aliphatic heterocycles. The van der Waals surface area contributed by atoms with Gasteiger partial charge in [0, 0.05) is 26.2 Å². The van der Waals surface area contributed by atoms with Gasteiger partial charge in [-0.2, -0.15) is 5.10 Å². The van der Waals surface area contributed by atoms with Crippen molar-refractivity contribution < 1.29 is 9.21 Å². The minimum atomic E-state index is -0.194. The van der Waals surface area contributed by atoms with Crippen molar-refractivity contribution >= 4 is 5.91 Å². The van der Waals surface area contributed by atoms with E-state index in [4.69, 9.17) is 4.42 Å². The second-order valence-corrected chi connectivity index (χ2v) is 3.46. The lowest BCUT2D eigenvalue weighted by atomic mass is 10.3. The highest BCUT2D eigenvalue weighted by Gasteiger charge is 2.07. The molecule has 0 atom stereocenters. The van der Waals surface area contributed by atoms with Crippen molar-refractivity contribution in [1.29, 1.82) is 0 Å². The van der Waals surface area contributed by atoms with Gasteiger partial charge in [-0.1, -0.05) is 0 Å². The average molecular weight is 219 g/mol. The summed E-state index contributed by atoms with van der Waals surface area (Å²) in [7, 11) is 1.87. The topological polar surface area (TPSA) is 60.1 Å². The van der Waals surface area contributed by atoms with Crippen LogP contribution in [0, 0.1) is 0 Å². The molecule has 2 aromatic rings. The summed E-state index contributed by atoms with van der Waals surface area (Å²) in [5, 5.41) is 6.97. The molecule has 84 valence electrons. The maximum atomic E-state index is 11.5. The molecule has 0 fully saturated rings. The Bertz CT molecular complexity index is 459. The van der Waals surface area contributed by atoms with Crippen LogP contribution in [0.15, 0.2) is 35.1 Å². The molecule has 0 saturated carbocycles. The van der Waals surface area contributed by atoms with Gasteiger partial charge in [0.15, 0.2) is 5.76 Å². The van der Waals surface area contributed by atoms with Gasteiger partial charge in [0.1, 0.15) is 0 Å². The standard InChI is InChI=1S/C11H13N3O2/c1-14-7-5-9(13-14)4-6-12-11(15)10-3-2-8-16-10/h2-3,5,7-8H,4,6H2,1H3,(H,12,15). The molecule has 0 aliphatic rings. The number of rotatable bonds is 4. The summed E-state index contributed by atoms with van der Waals surface area (Å²) in [6.45, 7) is 0.552. The third-order valence-corrected chi connectivity index (χ3v) is 2.18. The molecule has 2 rings (SSSR count). The van der Waals surface area contributed by atoms with E-state index in [1.54, 1.807) is 16.8 Å².